The fourth-order valence-electron chi connectivity index (χ4n) is 4.32. The molecule has 0 aliphatic carbocycles. The lowest BCUT2D eigenvalue weighted by Gasteiger charge is -2.29. The van der Waals surface area contributed by atoms with Gasteiger partial charge < -0.3 is 14.2 Å². The predicted octanol–water partition coefficient (Wildman–Crippen LogP) is 5.57. The Hall–Kier alpha value is -3.96. The van der Waals surface area contributed by atoms with Gasteiger partial charge in [0, 0.05) is 17.8 Å². The quantitative estimate of drug-likeness (QED) is 0.433. The van der Waals surface area contributed by atoms with Gasteiger partial charge >= 0.3 is 0 Å². The van der Waals surface area contributed by atoms with Crippen LogP contribution >= 0.6 is 0 Å². The van der Waals surface area contributed by atoms with E-state index in [2.05, 4.69) is 54.0 Å². The van der Waals surface area contributed by atoms with Crippen LogP contribution in [0.5, 0.6) is 0 Å². The van der Waals surface area contributed by atoms with E-state index in [9.17, 15) is 10.5 Å². The molecule has 0 saturated carbocycles. The zero-order valence-corrected chi connectivity index (χ0v) is 16.4. The van der Waals surface area contributed by atoms with Crippen LogP contribution in [0, 0.1) is 29.6 Å². The lowest BCUT2D eigenvalue weighted by molar-refractivity contribution is 0.661. The minimum atomic E-state index is -0.0384. The molecule has 1 aliphatic heterocycles. The molecule has 0 spiro atoms. The van der Waals surface area contributed by atoms with Crippen molar-refractivity contribution < 1.29 is 4.42 Å². The molecule has 3 aromatic carbocycles. The summed E-state index contributed by atoms with van der Waals surface area (Å²) in [5, 5.41) is 21.3. The van der Waals surface area contributed by atoms with Crippen LogP contribution in [0.4, 0.5) is 17.1 Å². The highest BCUT2D eigenvalue weighted by atomic mass is 16.3. The monoisotopic (exact) mass is 378 g/mol. The van der Waals surface area contributed by atoms with E-state index in [-0.39, 0.29) is 6.17 Å². The average Bonchev–Trinajstić information content (AvgIpc) is 3.23. The molecule has 4 aromatic rings. The minimum absolute atomic E-state index is 0.0384. The van der Waals surface area contributed by atoms with Gasteiger partial charge in [0.25, 0.3) is 0 Å². The Balaban J connectivity index is 1.87. The molecule has 0 bridgehead atoms. The van der Waals surface area contributed by atoms with E-state index in [1.54, 1.807) is 6.07 Å². The third kappa shape index (κ3) is 2.25. The van der Waals surface area contributed by atoms with Gasteiger partial charge in [-0.3, -0.25) is 0 Å². The van der Waals surface area contributed by atoms with Crippen molar-refractivity contribution in [3.8, 4) is 12.1 Å². The van der Waals surface area contributed by atoms with Crippen molar-refractivity contribution in [2.24, 2.45) is 0 Å². The molecule has 0 radical (unpaired) electrons. The molecule has 2 heterocycles. The molecule has 5 heteroatoms. The van der Waals surface area contributed by atoms with E-state index >= 15 is 0 Å². The summed E-state index contributed by atoms with van der Waals surface area (Å²) < 4.78 is 6.30. The molecule has 0 unspecified atom stereocenters. The molecular weight excluding hydrogens is 360 g/mol. The van der Waals surface area contributed by atoms with Crippen molar-refractivity contribution in [2.45, 2.75) is 20.0 Å². The summed E-state index contributed by atoms with van der Waals surface area (Å²) in [6.07, 6.45) is -0.0384. The molecule has 0 fully saturated rings. The summed E-state index contributed by atoms with van der Waals surface area (Å²) in [6.45, 7) is 4.15. The lowest BCUT2D eigenvalue weighted by Crippen LogP contribution is -2.36. The fourth-order valence-corrected chi connectivity index (χ4v) is 4.32. The van der Waals surface area contributed by atoms with Crippen molar-refractivity contribution in [1.82, 2.24) is 0 Å². The fraction of sp³-hybridized carbons (Fsp3) is 0.167. The normalized spacial score (nSPS) is 15.6. The highest BCUT2D eigenvalue weighted by Gasteiger charge is 2.36. The largest absolute Gasteiger partial charge is 0.454 e. The minimum Gasteiger partial charge on any atom is -0.454 e. The Morgan fingerprint density at radius 3 is 2.52 bits per heavy atom. The smallest absolute Gasteiger partial charge is 0.159 e. The van der Waals surface area contributed by atoms with Crippen LogP contribution in [-0.4, -0.2) is 13.2 Å². The molecule has 1 aromatic heterocycles. The van der Waals surface area contributed by atoms with Crippen LogP contribution in [0.15, 0.2) is 52.9 Å². The van der Waals surface area contributed by atoms with Gasteiger partial charge in [-0.1, -0.05) is 30.3 Å². The molecular formula is C24H18N4O. The number of rotatable bonds is 1. The Kier molecular flexibility index (Phi) is 3.56. The van der Waals surface area contributed by atoms with E-state index in [1.807, 2.05) is 31.3 Å². The Labute approximate surface area is 168 Å². The number of furan rings is 1. The van der Waals surface area contributed by atoms with Crippen molar-refractivity contribution in [3.05, 3.63) is 65.2 Å². The number of fused-ring (bicyclic) bond motifs is 4. The van der Waals surface area contributed by atoms with E-state index in [4.69, 9.17) is 4.42 Å². The van der Waals surface area contributed by atoms with Crippen LogP contribution in [0.1, 0.15) is 23.6 Å². The molecule has 0 N–H and O–H groups in total. The zero-order chi connectivity index (χ0) is 20.3. The van der Waals surface area contributed by atoms with E-state index in [0.717, 1.165) is 44.6 Å². The molecule has 1 aliphatic rings. The van der Waals surface area contributed by atoms with Gasteiger partial charge in [0.05, 0.1) is 34.3 Å². The second-order valence-corrected chi connectivity index (χ2v) is 7.43. The molecule has 0 saturated heterocycles. The first-order valence-electron chi connectivity index (χ1n) is 9.46. The highest BCUT2D eigenvalue weighted by molar-refractivity contribution is 6.11. The SMILES string of the molecule is Cc1ccc2c(oc3ccccc32)c1N1c2c(C#N)cc(C#N)cc2N(C)[C@@H]1C. The number of benzene rings is 3. The summed E-state index contributed by atoms with van der Waals surface area (Å²) in [7, 11) is 1.99. The molecule has 0 amide bonds. The maximum Gasteiger partial charge on any atom is 0.159 e. The van der Waals surface area contributed by atoms with Crippen molar-refractivity contribution in [1.29, 1.82) is 10.5 Å². The standard InChI is InChI=1S/C24H18N4O/c1-14-8-9-19-18-6-4-5-7-21(18)29-24(19)22(14)28-15(2)27(3)20-11-16(12-25)10-17(13-26)23(20)28/h4-11,15H,1-3H3/t15-/m0/s1. The number of aryl methyl sites for hydroxylation is 1. The maximum absolute atomic E-state index is 9.83. The number of hydrogen-bond donors (Lipinski definition) is 0. The summed E-state index contributed by atoms with van der Waals surface area (Å²) in [5.74, 6) is 0. The topological polar surface area (TPSA) is 67.2 Å². The van der Waals surface area contributed by atoms with Gasteiger partial charge in [0.1, 0.15) is 17.8 Å². The molecule has 5 nitrogen and oxygen atoms in total. The summed E-state index contributed by atoms with van der Waals surface area (Å²) in [6, 6.07) is 20.2. The lowest BCUT2D eigenvalue weighted by atomic mass is 10.0. The van der Waals surface area contributed by atoms with Crippen LogP contribution in [-0.2, 0) is 0 Å². The van der Waals surface area contributed by atoms with Crippen molar-refractivity contribution in [3.63, 3.8) is 0 Å². The van der Waals surface area contributed by atoms with Gasteiger partial charge in [-0.05, 0) is 37.6 Å². The van der Waals surface area contributed by atoms with Crippen molar-refractivity contribution >= 4 is 39.0 Å². The number of nitriles is 2. The van der Waals surface area contributed by atoms with E-state index in [1.165, 1.54) is 0 Å². The van der Waals surface area contributed by atoms with Crippen molar-refractivity contribution in [2.75, 3.05) is 16.8 Å². The predicted molar refractivity (Wildman–Crippen MR) is 114 cm³/mol. The third-order valence-electron chi connectivity index (χ3n) is 5.86. The van der Waals surface area contributed by atoms with Gasteiger partial charge in [0.15, 0.2) is 5.58 Å². The first-order chi connectivity index (χ1) is 14.0. The zero-order valence-electron chi connectivity index (χ0n) is 16.4. The molecule has 140 valence electrons. The Morgan fingerprint density at radius 1 is 0.966 bits per heavy atom. The average molecular weight is 378 g/mol. The van der Waals surface area contributed by atoms with Crippen LogP contribution in [0.25, 0.3) is 21.9 Å². The van der Waals surface area contributed by atoms with E-state index in [0.29, 0.717) is 11.1 Å². The number of anilines is 3. The molecule has 29 heavy (non-hydrogen) atoms. The summed E-state index contributed by atoms with van der Waals surface area (Å²) in [5.41, 5.74) is 6.35. The number of nitrogens with zero attached hydrogens (tertiary/aromatic N) is 4. The van der Waals surface area contributed by atoms with Gasteiger partial charge in [-0.2, -0.15) is 10.5 Å². The van der Waals surface area contributed by atoms with Crippen LogP contribution in [0.3, 0.4) is 0 Å². The van der Waals surface area contributed by atoms with Gasteiger partial charge in [0.2, 0.25) is 0 Å². The molecule has 1 atom stereocenters. The number of hydrogen-bond acceptors (Lipinski definition) is 5. The Morgan fingerprint density at radius 2 is 1.76 bits per heavy atom. The summed E-state index contributed by atoms with van der Waals surface area (Å²) in [4.78, 5) is 4.26. The summed E-state index contributed by atoms with van der Waals surface area (Å²) >= 11 is 0. The maximum atomic E-state index is 9.83. The highest BCUT2D eigenvalue weighted by Crippen LogP contribution is 2.49. The second-order valence-electron chi connectivity index (χ2n) is 7.43. The second kappa shape index (κ2) is 6.02. The third-order valence-corrected chi connectivity index (χ3v) is 5.86. The van der Waals surface area contributed by atoms with Crippen LogP contribution in [0.2, 0.25) is 0 Å². The van der Waals surface area contributed by atoms with Gasteiger partial charge in [-0.15, -0.1) is 0 Å². The Bertz CT molecular complexity index is 1390. The number of para-hydroxylation sites is 1. The van der Waals surface area contributed by atoms with Gasteiger partial charge in [-0.25, -0.2) is 0 Å². The van der Waals surface area contributed by atoms with Crippen LogP contribution < -0.4 is 9.80 Å². The molecule has 5 rings (SSSR count). The first-order valence-corrected chi connectivity index (χ1v) is 9.46. The first kappa shape index (κ1) is 17.2. The van der Waals surface area contributed by atoms with E-state index < -0.39 is 0 Å².